The van der Waals surface area contributed by atoms with Crippen molar-refractivity contribution in [2.24, 2.45) is 5.92 Å². The summed E-state index contributed by atoms with van der Waals surface area (Å²) >= 11 is 0. The fraction of sp³-hybridized carbons (Fsp3) is 0.500. The van der Waals surface area contributed by atoms with E-state index in [4.69, 9.17) is 9.52 Å². The Morgan fingerprint density at radius 3 is 3.14 bits per heavy atom. The zero-order valence-corrected chi connectivity index (χ0v) is 7.64. The summed E-state index contributed by atoms with van der Waals surface area (Å²) in [6.45, 7) is 0. The van der Waals surface area contributed by atoms with Crippen LogP contribution in [0.2, 0.25) is 0 Å². The van der Waals surface area contributed by atoms with Gasteiger partial charge >= 0.3 is 5.97 Å². The normalized spacial score (nSPS) is 25.8. The van der Waals surface area contributed by atoms with Crippen LogP contribution in [0.5, 0.6) is 0 Å². The summed E-state index contributed by atoms with van der Waals surface area (Å²) in [6.07, 6.45) is 2.27. The topological polar surface area (TPSA) is 70.7 Å². The SMILES string of the molecule is O=C(O)CC1CCc2occc2C1O. The van der Waals surface area contributed by atoms with E-state index in [0.29, 0.717) is 6.42 Å². The number of hydrogen-bond acceptors (Lipinski definition) is 3. The molecule has 1 heterocycles. The molecule has 2 atom stereocenters. The van der Waals surface area contributed by atoms with Crippen LogP contribution in [0.25, 0.3) is 0 Å². The van der Waals surface area contributed by atoms with Crippen molar-refractivity contribution in [1.29, 1.82) is 0 Å². The van der Waals surface area contributed by atoms with E-state index in [1.165, 1.54) is 6.26 Å². The van der Waals surface area contributed by atoms with Crippen LogP contribution >= 0.6 is 0 Å². The number of carbonyl (C=O) groups is 1. The van der Waals surface area contributed by atoms with Crippen LogP contribution in [0.1, 0.15) is 30.3 Å². The molecule has 0 amide bonds. The van der Waals surface area contributed by atoms with Crippen molar-refractivity contribution in [3.8, 4) is 0 Å². The van der Waals surface area contributed by atoms with Crippen LogP contribution < -0.4 is 0 Å². The maximum atomic E-state index is 10.5. The first-order valence-electron chi connectivity index (χ1n) is 4.64. The summed E-state index contributed by atoms with van der Waals surface area (Å²) in [4.78, 5) is 10.5. The average Bonchev–Trinajstić information content (AvgIpc) is 2.57. The quantitative estimate of drug-likeness (QED) is 0.749. The van der Waals surface area contributed by atoms with Gasteiger partial charge in [-0.1, -0.05) is 0 Å². The Bertz CT molecular complexity index is 342. The molecule has 1 aromatic rings. The van der Waals surface area contributed by atoms with Crippen LogP contribution in [0.4, 0.5) is 0 Å². The van der Waals surface area contributed by atoms with Crippen molar-refractivity contribution in [3.63, 3.8) is 0 Å². The first kappa shape index (κ1) is 9.27. The van der Waals surface area contributed by atoms with Gasteiger partial charge in [-0.15, -0.1) is 0 Å². The minimum atomic E-state index is -0.860. The predicted octanol–water partition coefficient (Wildman–Crippen LogP) is 1.35. The van der Waals surface area contributed by atoms with E-state index < -0.39 is 12.1 Å². The van der Waals surface area contributed by atoms with Gasteiger partial charge in [0.05, 0.1) is 18.8 Å². The van der Waals surface area contributed by atoms with Crippen LogP contribution in [0.3, 0.4) is 0 Å². The number of furan rings is 1. The summed E-state index contributed by atoms with van der Waals surface area (Å²) in [5, 5.41) is 18.5. The van der Waals surface area contributed by atoms with Gasteiger partial charge in [-0.25, -0.2) is 0 Å². The highest BCUT2D eigenvalue weighted by molar-refractivity contribution is 5.67. The Morgan fingerprint density at radius 2 is 2.43 bits per heavy atom. The second-order valence-corrected chi connectivity index (χ2v) is 3.64. The fourth-order valence-electron chi connectivity index (χ4n) is 1.98. The van der Waals surface area contributed by atoms with Crippen molar-refractivity contribution in [1.82, 2.24) is 0 Å². The summed E-state index contributed by atoms with van der Waals surface area (Å²) in [7, 11) is 0. The predicted molar refractivity (Wildman–Crippen MR) is 47.7 cm³/mol. The van der Waals surface area contributed by atoms with E-state index in [2.05, 4.69) is 0 Å². The molecule has 14 heavy (non-hydrogen) atoms. The molecule has 1 aliphatic rings. The minimum Gasteiger partial charge on any atom is -0.481 e. The molecule has 0 fully saturated rings. The number of aliphatic hydroxyl groups is 1. The van der Waals surface area contributed by atoms with Crippen LogP contribution in [-0.4, -0.2) is 16.2 Å². The fourth-order valence-corrected chi connectivity index (χ4v) is 1.98. The highest BCUT2D eigenvalue weighted by Crippen LogP contribution is 2.36. The molecule has 0 saturated carbocycles. The Kier molecular flexibility index (Phi) is 2.29. The first-order chi connectivity index (χ1) is 6.68. The van der Waals surface area contributed by atoms with E-state index >= 15 is 0 Å². The zero-order valence-electron chi connectivity index (χ0n) is 7.64. The molecule has 76 valence electrons. The second kappa shape index (κ2) is 3.46. The van der Waals surface area contributed by atoms with Crippen LogP contribution in [0.15, 0.2) is 16.7 Å². The molecule has 1 aromatic heterocycles. The Morgan fingerprint density at radius 1 is 1.64 bits per heavy atom. The molecule has 2 unspecified atom stereocenters. The van der Waals surface area contributed by atoms with Gasteiger partial charge in [0.1, 0.15) is 5.76 Å². The molecule has 2 N–H and O–H groups in total. The molecule has 0 aromatic carbocycles. The van der Waals surface area contributed by atoms with Crippen molar-refractivity contribution in [2.45, 2.75) is 25.4 Å². The monoisotopic (exact) mass is 196 g/mol. The molecule has 4 nitrogen and oxygen atoms in total. The summed E-state index contributed by atoms with van der Waals surface area (Å²) < 4.78 is 5.17. The molecule has 1 aliphatic carbocycles. The van der Waals surface area contributed by atoms with Gasteiger partial charge in [-0.05, 0) is 12.5 Å². The van der Waals surface area contributed by atoms with E-state index in [1.54, 1.807) is 6.07 Å². The highest BCUT2D eigenvalue weighted by atomic mass is 16.4. The maximum absolute atomic E-state index is 10.5. The lowest BCUT2D eigenvalue weighted by atomic mass is 9.83. The third-order valence-electron chi connectivity index (χ3n) is 2.72. The van der Waals surface area contributed by atoms with E-state index in [9.17, 15) is 9.90 Å². The number of aryl methyl sites for hydroxylation is 1. The van der Waals surface area contributed by atoms with Gasteiger partial charge in [-0.2, -0.15) is 0 Å². The average molecular weight is 196 g/mol. The highest BCUT2D eigenvalue weighted by Gasteiger charge is 2.31. The number of rotatable bonds is 2. The number of fused-ring (bicyclic) bond motifs is 1. The lowest BCUT2D eigenvalue weighted by Crippen LogP contribution is -2.21. The van der Waals surface area contributed by atoms with Crippen molar-refractivity contribution in [2.75, 3.05) is 0 Å². The van der Waals surface area contributed by atoms with Gasteiger partial charge in [0.15, 0.2) is 0 Å². The van der Waals surface area contributed by atoms with E-state index in [1.807, 2.05) is 0 Å². The van der Waals surface area contributed by atoms with Gasteiger partial charge in [0, 0.05) is 17.9 Å². The molecule has 0 saturated heterocycles. The number of carboxylic acid groups (broad SMARTS) is 1. The molecule has 0 bridgehead atoms. The zero-order chi connectivity index (χ0) is 10.1. The van der Waals surface area contributed by atoms with Gasteiger partial charge in [0.25, 0.3) is 0 Å². The summed E-state index contributed by atoms with van der Waals surface area (Å²) in [6, 6.07) is 1.72. The van der Waals surface area contributed by atoms with E-state index in [-0.39, 0.29) is 12.3 Å². The lowest BCUT2D eigenvalue weighted by Gasteiger charge is -2.25. The Balaban J connectivity index is 2.16. The van der Waals surface area contributed by atoms with Gasteiger partial charge < -0.3 is 14.6 Å². The van der Waals surface area contributed by atoms with Crippen molar-refractivity contribution in [3.05, 3.63) is 23.7 Å². The number of carboxylic acids is 1. The van der Waals surface area contributed by atoms with Crippen LogP contribution in [0, 0.1) is 5.92 Å². The smallest absolute Gasteiger partial charge is 0.303 e. The molecule has 2 rings (SSSR count). The molecule has 4 heteroatoms. The third kappa shape index (κ3) is 1.53. The molecular weight excluding hydrogens is 184 g/mol. The van der Waals surface area contributed by atoms with Gasteiger partial charge in [0.2, 0.25) is 0 Å². The first-order valence-corrected chi connectivity index (χ1v) is 4.64. The molecule has 0 radical (unpaired) electrons. The van der Waals surface area contributed by atoms with E-state index in [0.717, 1.165) is 17.7 Å². The maximum Gasteiger partial charge on any atom is 0.303 e. The lowest BCUT2D eigenvalue weighted by molar-refractivity contribution is -0.139. The molecule has 0 aliphatic heterocycles. The standard InChI is InChI=1S/C10H12O4/c11-9(12)5-6-1-2-8-7(10(6)13)3-4-14-8/h3-4,6,10,13H,1-2,5H2,(H,11,12). The molecule has 0 spiro atoms. The Labute approximate surface area is 81.2 Å². The summed E-state index contributed by atoms with van der Waals surface area (Å²) in [5.41, 5.74) is 0.752. The second-order valence-electron chi connectivity index (χ2n) is 3.64. The number of hydrogen-bond donors (Lipinski definition) is 2. The third-order valence-corrected chi connectivity index (χ3v) is 2.72. The number of aliphatic hydroxyl groups excluding tert-OH is 1. The van der Waals surface area contributed by atoms with Crippen molar-refractivity contribution < 1.29 is 19.4 Å². The number of aliphatic carboxylic acids is 1. The van der Waals surface area contributed by atoms with Crippen molar-refractivity contribution >= 4 is 5.97 Å². The van der Waals surface area contributed by atoms with Crippen LogP contribution in [-0.2, 0) is 11.2 Å². The van der Waals surface area contributed by atoms with Gasteiger partial charge in [-0.3, -0.25) is 4.79 Å². The largest absolute Gasteiger partial charge is 0.481 e. The summed E-state index contributed by atoms with van der Waals surface area (Å²) in [5.74, 6) is -0.252. The Hall–Kier alpha value is -1.29. The molecular formula is C10H12O4. The minimum absolute atomic E-state index is 0.0196.